The first kappa shape index (κ1) is 11.4. The molecule has 1 heterocycles. The fourth-order valence-electron chi connectivity index (χ4n) is 1.03. The van der Waals surface area contributed by atoms with Crippen molar-refractivity contribution in [3.8, 4) is 0 Å². The van der Waals surface area contributed by atoms with E-state index in [2.05, 4.69) is 9.72 Å². The number of hydrogen-bond acceptors (Lipinski definition) is 3. The van der Waals surface area contributed by atoms with Crippen molar-refractivity contribution in [3.63, 3.8) is 0 Å². The Hall–Kier alpha value is -1.72. The minimum absolute atomic E-state index is 0.0281. The first-order chi connectivity index (χ1) is 7.04. The quantitative estimate of drug-likeness (QED) is 0.769. The number of H-pyrrole nitrogens is 1. The number of hydrogen-bond donors (Lipinski definition) is 1. The molecule has 0 spiro atoms. The molecule has 0 aliphatic carbocycles. The first-order valence-corrected chi connectivity index (χ1v) is 4.11. The van der Waals surface area contributed by atoms with Gasteiger partial charge >= 0.3 is 5.97 Å². The first-order valence-electron chi connectivity index (χ1n) is 4.11. The van der Waals surface area contributed by atoms with Gasteiger partial charge in [0.25, 0.3) is 12.0 Å². The minimum atomic E-state index is -2.68. The summed E-state index contributed by atoms with van der Waals surface area (Å²) in [5.74, 6) is -0.646. The number of rotatable bonds is 3. The maximum absolute atomic E-state index is 12.3. The second-order valence-corrected chi connectivity index (χ2v) is 2.84. The van der Waals surface area contributed by atoms with E-state index in [1.165, 1.54) is 0 Å². The third-order valence-electron chi connectivity index (χ3n) is 1.82. The molecule has 82 valence electrons. The molecule has 0 saturated heterocycles. The molecule has 1 rings (SSSR count). The highest BCUT2D eigenvalue weighted by molar-refractivity contribution is 5.72. The number of esters is 1. The number of aromatic nitrogens is 1. The highest BCUT2D eigenvalue weighted by atomic mass is 19.3. The summed E-state index contributed by atoms with van der Waals surface area (Å²) in [6.45, 7) is 0. The zero-order valence-electron chi connectivity index (χ0n) is 7.92. The molecule has 0 aromatic carbocycles. The summed E-state index contributed by atoms with van der Waals surface area (Å²) < 4.78 is 28.8. The van der Waals surface area contributed by atoms with Crippen LogP contribution in [0.1, 0.15) is 17.6 Å². The van der Waals surface area contributed by atoms with E-state index >= 15 is 0 Å². The molecule has 0 bridgehead atoms. The molecule has 0 atom stereocenters. The third kappa shape index (κ3) is 2.87. The highest BCUT2D eigenvalue weighted by Crippen LogP contribution is 2.17. The van der Waals surface area contributed by atoms with E-state index in [0.717, 1.165) is 19.4 Å². The SMILES string of the molecule is COC(=O)Cc1cc(C(F)F)c[nH]c1=O. The Morgan fingerprint density at radius 2 is 2.27 bits per heavy atom. The monoisotopic (exact) mass is 217 g/mol. The molecule has 1 aromatic heterocycles. The summed E-state index contributed by atoms with van der Waals surface area (Å²) in [6, 6.07) is 1.00. The molecule has 0 aliphatic heterocycles. The van der Waals surface area contributed by atoms with Crippen LogP contribution < -0.4 is 5.56 Å². The van der Waals surface area contributed by atoms with Gasteiger partial charge in [-0.1, -0.05) is 0 Å². The van der Waals surface area contributed by atoms with Crippen molar-refractivity contribution in [1.29, 1.82) is 0 Å². The Kier molecular flexibility index (Phi) is 3.54. The number of alkyl halides is 2. The van der Waals surface area contributed by atoms with Gasteiger partial charge in [-0.2, -0.15) is 0 Å². The average Bonchev–Trinajstić information content (AvgIpc) is 2.20. The van der Waals surface area contributed by atoms with Gasteiger partial charge in [-0.15, -0.1) is 0 Å². The van der Waals surface area contributed by atoms with Gasteiger partial charge < -0.3 is 9.72 Å². The fraction of sp³-hybridized carbons (Fsp3) is 0.333. The molecule has 0 radical (unpaired) electrons. The van der Waals surface area contributed by atoms with Crippen molar-refractivity contribution in [2.24, 2.45) is 0 Å². The summed E-state index contributed by atoms with van der Waals surface area (Å²) in [4.78, 5) is 24.1. The van der Waals surface area contributed by atoms with Crippen molar-refractivity contribution < 1.29 is 18.3 Å². The molecule has 0 unspecified atom stereocenters. The Morgan fingerprint density at radius 1 is 1.60 bits per heavy atom. The maximum Gasteiger partial charge on any atom is 0.310 e. The molecule has 1 aromatic rings. The van der Waals surface area contributed by atoms with Crippen molar-refractivity contribution in [2.75, 3.05) is 7.11 Å². The molecule has 0 fully saturated rings. The van der Waals surface area contributed by atoms with Gasteiger partial charge in [0, 0.05) is 17.3 Å². The van der Waals surface area contributed by atoms with Gasteiger partial charge in [-0.25, -0.2) is 8.78 Å². The normalized spacial score (nSPS) is 10.4. The standard InChI is InChI=1S/C9H9F2NO3/c1-15-7(13)3-5-2-6(8(10)11)4-12-9(5)14/h2,4,8H,3H2,1H3,(H,12,14). The Morgan fingerprint density at radius 3 is 2.80 bits per heavy atom. The molecule has 0 amide bonds. The van der Waals surface area contributed by atoms with E-state index in [0.29, 0.717) is 0 Å². The average molecular weight is 217 g/mol. The van der Waals surface area contributed by atoms with Crippen molar-refractivity contribution in [1.82, 2.24) is 4.98 Å². The Balaban J connectivity index is 3.00. The van der Waals surface area contributed by atoms with Gasteiger partial charge in [0.2, 0.25) is 0 Å². The van der Waals surface area contributed by atoms with E-state index in [1.54, 1.807) is 0 Å². The number of pyridine rings is 1. The second kappa shape index (κ2) is 4.68. The lowest BCUT2D eigenvalue weighted by molar-refractivity contribution is -0.139. The van der Waals surface area contributed by atoms with E-state index in [-0.39, 0.29) is 17.5 Å². The van der Waals surface area contributed by atoms with Crippen LogP contribution >= 0.6 is 0 Å². The van der Waals surface area contributed by atoms with Crippen molar-refractivity contribution >= 4 is 5.97 Å². The second-order valence-electron chi connectivity index (χ2n) is 2.84. The summed E-state index contributed by atoms with van der Waals surface area (Å²) in [6.07, 6.45) is -2.07. The van der Waals surface area contributed by atoms with Gasteiger partial charge in [-0.3, -0.25) is 9.59 Å². The predicted octanol–water partition coefficient (Wildman–Crippen LogP) is 1.03. The summed E-state index contributed by atoms with van der Waals surface area (Å²) in [7, 11) is 1.16. The van der Waals surface area contributed by atoms with E-state index in [1.807, 2.05) is 0 Å². The fourth-order valence-corrected chi connectivity index (χ4v) is 1.03. The molecule has 6 heteroatoms. The van der Waals surface area contributed by atoms with Gasteiger partial charge in [0.1, 0.15) is 0 Å². The number of aromatic amines is 1. The molecule has 15 heavy (non-hydrogen) atoms. The van der Waals surface area contributed by atoms with Gasteiger partial charge in [0.05, 0.1) is 13.5 Å². The van der Waals surface area contributed by atoms with Crippen LogP contribution in [-0.2, 0) is 16.0 Å². The molecular weight excluding hydrogens is 208 g/mol. The number of nitrogens with one attached hydrogen (secondary N) is 1. The van der Waals surface area contributed by atoms with Crippen LogP contribution in [0.2, 0.25) is 0 Å². The van der Waals surface area contributed by atoms with Crippen molar-refractivity contribution in [3.05, 3.63) is 33.7 Å². The molecule has 0 aliphatic rings. The van der Waals surface area contributed by atoms with Crippen LogP contribution in [0.15, 0.2) is 17.1 Å². The molecule has 1 N–H and O–H groups in total. The molecule has 4 nitrogen and oxygen atoms in total. The number of carbonyl (C=O) groups excluding carboxylic acids is 1. The number of halogens is 2. The van der Waals surface area contributed by atoms with E-state index < -0.39 is 18.0 Å². The lowest BCUT2D eigenvalue weighted by atomic mass is 10.1. The molecule has 0 saturated carbocycles. The number of ether oxygens (including phenoxy) is 1. The minimum Gasteiger partial charge on any atom is -0.469 e. The van der Waals surface area contributed by atoms with E-state index in [4.69, 9.17) is 0 Å². The Bertz CT molecular complexity index is 414. The number of methoxy groups -OCH3 is 1. The van der Waals surface area contributed by atoms with Crippen LogP contribution in [-0.4, -0.2) is 18.1 Å². The van der Waals surface area contributed by atoms with Crippen LogP contribution in [0, 0.1) is 0 Å². The predicted molar refractivity (Wildman–Crippen MR) is 47.7 cm³/mol. The third-order valence-corrected chi connectivity index (χ3v) is 1.82. The lowest BCUT2D eigenvalue weighted by Crippen LogP contribution is -2.17. The lowest BCUT2D eigenvalue weighted by Gasteiger charge is -2.02. The van der Waals surface area contributed by atoms with Crippen LogP contribution in [0.4, 0.5) is 8.78 Å². The van der Waals surface area contributed by atoms with Crippen LogP contribution in [0.5, 0.6) is 0 Å². The number of carbonyl (C=O) groups is 1. The van der Waals surface area contributed by atoms with Gasteiger partial charge in [-0.05, 0) is 6.07 Å². The van der Waals surface area contributed by atoms with Crippen molar-refractivity contribution in [2.45, 2.75) is 12.8 Å². The smallest absolute Gasteiger partial charge is 0.310 e. The largest absolute Gasteiger partial charge is 0.469 e. The highest BCUT2D eigenvalue weighted by Gasteiger charge is 2.12. The summed E-state index contributed by atoms with van der Waals surface area (Å²) >= 11 is 0. The Labute approximate surface area is 83.9 Å². The zero-order chi connectivity index (χ0) is 11.4. The van der Waals surface area contributed by atoms with Crippen LogP contribution in [0.3, 0.4) is 0 Å². The molecular formula is C9H9F2NO3. The maximum atomic E-state index is 12.3. The van der Waals surface area contributed by atoms with E-state index in [9.17, 15) is 18.4 Å². The topological polar surface area (TPSA) is 59.2 Å². The van der Waals surface area contributed by atoms with Crippen LogP contribution in [0.25, 0.3) is 0 Å². The summed E-state index contributed by atoms with van der Waals surface area (Å²) in [5, 5.41) is 0. The summed E-state index contributed by atoms with van der Waals surface area (Å²) in [5.41, 5.74) is -0.919. The zero-order valence-corrected chi connectivity index (χ0v) is 7.92. The van der Waals surface area contributed by atoms with Gasteiger partial charge in [0.15, 0.2) is 0 Å².